The fraction of sp³-hybridized carbons (Fsp3) is 0.167. The maximum absolute atomic E-state index is 10.7. The summed E-state index contributed by atoms with van der Waals surface area (Å²) in [6.45, 7) is 10.4. The highest BCUT2D eigenvalue weighted by Gasteiger charge is 2.10. The lowest BCUT2D eigenvalue weighted by Crippen LogP contribution is -2.16. The van der Waals surface area contributed by atoms with E-state index < -0.39 is 14.2 Å². The van der Waals surface area contributed by atoms with Crippen LogP contribution in [0.5, 0.6) is 0 Å². The van der Waals surface area contributed by atoms with Gasteiger partial charge in [-0.2, -0.15) is 0 Å². The average molecular weight is 505 g/mol. The zero-order valence-electron chi connectivity index (χ0n) is 22.4. The van der Waals surface area contributed by atoms with Gasteiger partial charge in [-0.1, -0.05) is 97.8 Å². The Balaban J connectivity index is 1.83. The van der Waals surface area contributed by atoms with Crippen LogP contribution in [-0.4, -0.2) is 13.2 Å². The van der Waals surface area contributed by atoms with Gasteiger partial charge in [0.2, 0.25) is 0 Å². The number of aliphatic hydroxyl groups is 1. The van der Waals surface area contributed by atoms with Gasteiger partial charge in [-0.05, 0) is 78.7 Å². The minimum absolute atomic E-state index is 0.653. The smallest absolute Gasteiger partial charge is 0.142 e. The number of benzene rings is 3. The number of rotatable bonds is 1. The Bertz CT molecular complexity index is 1720. The molecule has 0 heterocycles. The highest BCUT2D eigenvalue weighted by molar-refractivity contribution is 6.83. The third-order valence-electron chi connectivity index (χ3n) is 5.28. The molecule has 0 amide bonds. The lowest BCUT2D eigenvalue weighted by Gasteiger charge is -2.09. The first-order valence-corrected chi connectivity index (χ1v) is 15.7. The Morgan fingerprint density at radius 1 is 0.579 bits per heavy atom. The molecule has 3 aromatic rings. The second kappa shape index (κ2) is 13.5. The van der Waals surface area contributed by atoms with Crippen LogP contribution in [-0.2, 0) is 0 Å². The molecule has 0 aromatic heterocycles. The third-order valence-corrected chi connectivity index (χ3v) is 6.16. The fourth-order valence-electron chi connectivity index (χ4n) is 3.29. The topological polar surface area (TPSA) is 20.2 Å². The standard InChI is InChI=1S/C36H28OSi/c1-29-17-6-7-19-31(29)20-8-9-21-32-22-10-11-23-33(32)24-12-13-25-34-30(2)18-16-26-35(34)36(37)27-14-15-28-38(3,4)5/h6-7,10-11,16-19,22-23,26,36-37H,1-5H3. The van der Waals surface area contributed by atoms with Gasteiger partial charge in [0, 0.05) is 27.8 Å². The summed E-state index contributed by atoms with van der Waals surface area (Å²) in [7, 11) is -1.51. The molecule has 1 atom stereocenters. The third kappa shape index (κ3) is 8.70. The summed E-state index contributed by atoms with van der Waals surface area (Å²) in [5, 5.41) is 10.7. The van der Waals surface area contributed by atoms with E-state index in [0.717, 1.165) is 33.4 Å². The van der Waals surface area contributed by atoms with E-state index in [-0.39, 0.29) is 0 Å². The molecule has 2 heteroatoms. The van der Waals surface area contributed by atoms with E-state index in [2.05, 4.69) is 90.3 Å². The first-order valence-electron chi connectivity index (χ1n) is 12.2. The van der Waals surface area contributed by atoms with Crippen molar-refractivity contribution in [2.75, 3.05) is 0 Å². The van der Waals surface area contributed by atoms with Gasteiger partial charge in [0.25, 0.3) is 0 Å². The molecule has 3 rings (SSSR count). The minimum atomic E-state index is -1.51. The molecule has 0 bridgehead atoms. The highest BCUT2D eigenvalue weighted by atomic mass is 28.3. The number of hydrogen-bond donors (Lipinski definition) is 1. The largest absolute Gasteiger partial charge is 0.376 e. The van der Waals surface area contributed by atoms with Crippen LogP contribution < -0.4 is 0 Å². The van der Waals surface area contributed by atoms with E-state index in [9.17, 15) is 5.11 Å². The Hall–Kier alpha value is -4.80. The van der Waals surface area contributed by atoms with Crippen LogP contribution in [0.25, 0.3) is 0 Å². The summed E-state index contributed by atoms with van der Waals surface area (Å²) in [6.07, 6.45) is -0.972. The van der Waals surface area contributed by atoms with Crippen LogP contribution in [0.15, 0.2) is 66.7 Å². The molecule has 0 aliphatic heterocycles. The van der Waals surface area contributed by atoms with Crippen molar-refractivity contribution >= 4 is 8.07 Å². The second-order valence-corrected chi connectivity index (χ2v) is 14.3. The zero-order valence-corrected chi connectivity index (χ0v) is 23.4. The van der Waals surface area contributed by atoms with Crippen molar-refractivity contribution in [3.05, 3.63) is 106 Å². The van der Waals surface area contributed by atoms with Crippen LogP contribution in [0, 0.1) is 84.5 Å². The van der Waals surface area contributed by atoms with Gasteiger partial charge in [-0.3, -0.25) is 0 Å². The maximum atomic E-state index is 10.7. The van der Waals surface area contributed by atoms with Crippen LogP contribution in [0.4, 0.5) is 0 Å². The number of aryl methyl sites for hydroxylation is 2. The van der Waals surface area contributed by atoms with Crippen LogP contribution in [0.2, 0.25) is 19.6 Å². The molecule has 3 aromatic carbocycles. The van der Waals surface area contributed by atoms with Crippen molar-refractivity contribution in [3.8, 4) is 70.7 Å². The van der Waals surface area contributed by atoms with Crippen LogP contribution in [0.1, 0.15) is 45.0 Å². The summed E-state index contributed by atoms with van der Waals surface area (Å²) in [5.41, 5.74) is 9.18. The molecular formula is C36H28OSi. The quantitative estimate of drug-likeness (QED) is 0.317. The summed E-state index contributed by atoms with van der Waals surface area (Å²) >= 11 is 0. The van der Waals surface area contributed by atoms with Crippen molar-refractivity contribution in [3.63, 3.8) is 0 Å². The Labute approximate surface area is 228 Å². The van der Waals surface area contributed by atoms with E-state index in [0.29, 0.717) is 5.56 Å². The molecule has 0 aliphatic carbocycles. The molecule has 0 fully saturated rings. The van der Waals surface area contributed by atoms with E-state index in [1.165, 1.54) is 0 Å². The summed E-state index contributed by atoms with van der Waals surface area (Å²) in [4.78, 5) is 0. The first kappa shape index (κ1) is 27.8. The van der Waals surface area contributed by atoms with E-state index in [1.54, 1.807) is 0 Å². The van der Waals surface area contributed by atoms with Gasteiger partial charge in [0.1, 0.15) is 14.2 Å². The number of hydrogen-bond acceptors (Lipinski definition) is 1. The fourth-order valence-corrected chi connectivity index (χ4v) is 3.73. The first-order chi connectivity index (χ1) is 18.2. The highest BCUT2D eigenvalue weighted by Crippen LogP contribution is 2.20. The molecule has 182 valence electrons. The maximum Gasteiger partial charge on any atom is 0.142 e. The normalized spacial score (nSPS) is 10.1. The van der Waals surface area contributed by atoms with Crippen molar-refractivity contribution in [2.45, 2.75) is 39.6 Å². The van der Waals surface area contributed by atoms with Gasteiger partial charge < -0.3 is 5.11 Å². The van der Waals surface area contributed by atoms with E-state index in [1.807, 2.05) is 80.6 Å². The van der Waals surface area contributed by atoms with Crippen molar-refractivity contribution in [1.82, 2.24) is 0 Å². The summed E-state index contributed by atoms with van der Waals surface area (Å²) < 4.78 is 0. The van der Waals surface area contributed by atoms with Gasteiger partial charge in [-0.25, -0.2) is 0 Å². The van der Waals surface area contributed by atoms with Gasteiger partial charge >= 0.3 is 0 Å². The molecular weight excluding hydrogens is 476 g/mol. The van der Waals surface area contributed by atoms with Gasteiger partial charge in [0.05, 0.1) is 0 Å². The van der Waals surface area contributed by atoms with E-state index in [4.69, 9.17) is 0 Å². The SMILES string of the molecule is Cc1ccccc1C#CC#Cc1ccccc1C#CC#Cc1c(C)cccc1C(O)C#CC#C[Si](C)(C)C. The number of aliphatic hydroxyl groups excluding tert-OH is 1. The predicted octanol–water partition coefficient (Wildman–Crippen LogP) is 6.03. The molecule has 0 aliphatic rings. The molecule has 1 unspecified atom stereocenters. The van der Waals surface area contributed by atoms with Crippen molar-refractivity contribution in [1.29, 1.82) is 0 Å². The average Bonchev–Trinajstić information content (AvgIpc) is 2.88. The van der Waals surface area contributed by atoms with E-state index >= 15 is 0 Å². The molecule has 0 spiro atoms. The summed E-state index contributed by atoms with van der Waals surface area (Å²) in [5.74, 6) is 32.6. The lowest BCUT2D eigenvalue weighted by atomic mass is 9.98. The zero-order chi connectivity index (χ0) is 27.4. The Morgan fingerprint density at radius 2 is 1.11 bits per heavy atom. The minimum Gasteiger partial charge on any atom is -0.376 e. The van der Waals surface area contributed by atoms with Crippen LogP contribution in [0.3, 0.4) is 0 Å². The van der Waals surface area contributed by atoms with Crippen molar-refractivity contribution < 1.29 is 5.11 Å². The van der Waals surface area contributed by atoms with Gasteiger partial charge in [0.15, 0.2) is 0 Å². The summed E-state index contributed by atoms with van der Waals surface area (Å²) in [6, 6.07) is 21.3. The molecule has 0 saturated carbocycles. The molecule has 0 saturated heterocycles. The molecule has 0 radical (unpaired) electrons. The molecule has 1 N–H and O–H groups in total. The van der Waals surface area contributed by atoms with Crippen molar-refractivity contribution in [2.24, 2.45) is 0 Å². The second-order valence-electron chi connectivity index (χ2n) is 9.57. The lowest BCUT2D eigenvalue weighted by molar-refractivity contribution is 0.238. The Morgan fingerprint density at radius 3 is 1.71 bits per heavy atom. The van der Waals surface area contributed by atoms with Crippen LogP contribution >= 0.6 is 0 Å². The Kier molecular flexibility index (Phi) is 9.86. The van der Waals surface area contributed by atoms with Gasteiger partial charge in [-0.15, -0.1) is 5.54 Å². The molecule has 38 heavy (non-hydrogen) atoms. The predicted molar refractivity (Wildman–Crippen MR) is 160 cm³/mol. The molecule has 1 nitrogen and oxygen atoms in total. The monoisotopic (exact) mass is 504 g/mol.